The third-order valence-electron chi connectivity index (χ3n) is 4.08. The fourth-order valence-corrected chi connectivity index (χ4v) is 2.98. The molecule has 3 heterocycles. The van der Waals surface area contributed by atoms with E-state index in [0.717, 1.165) is 48.8 Å². The first-order chi connectivity index (χ1) is 10.7. The maximum absolute atomic E-state index is 11.3. The Bertz CT molecular complexity index is 835. The second kappa shape index (κ2) is 4.99. The van der Waals surface area contributed by atoms with Crippen molar-refractivity contribution in [3.05, 3.63) is 53.7 Å². The average molecular weight is 296 g/mol. The van der Waals surface area contributed by atoms with Gasteiger partial charge in [-0.1, -0.05) is 0 Å². The van der Waals surface area contributed by atoms with Gasteiger partial charge in [0.1, 0.15) is 11.6 Å². The average Bonchev–Trinajstić information content (AvgIpc) is 3.13. The van der Waals surface area contributed by atoms with Gasteiger partial charge in [0, 0.05) is 18.7 Å². The van der Waals surface area contributed by atoms with Gasteiger partial charge < -0.3 is 14.7 Å². The molecule has 112 valence electrons. The molecule has 6 heteroatoms. The lowest BCUT2D eigenvalue weighted by molar-refractivity contribution is 0.100. The van der Waals surface area contributed by atoms with E-state index in [2.05, 4.69) is 14.5 Å². The lowest BCUT2D eigenvalue weighted by Crippen LogP contribution is -2.33. The van der Waals surface area contributed by atoms with E-state index < -0.39 is 5.91 Å². The quantitative estimate of drug-likeness (QED) is 0.798. The molecule has 0 bridgehead atoms. The zero-order chi connectivity index (χ0) is 15.1. The Morgan fingerprint density at radius 3 is 3.00 bits per heavy atom. The summed E-state index contributed by atoms with van der Waals surface area (Å²) < 4.78 is 7.61. The van der Waals surface area contributed by atoms with Crippen molar-refractivity contribution < 1.29 is 9.21 Å². The Kier molecular flexibility index (Phi) is 2.97. The first kappa shape index (κ1) is 13.1. The maximum atomic E-state index is 11.3. The summed E-state index contributed by atoms with van der Waals surface area (Å²) in [6.07, 6.45) is 1.69. The number of rotatable bonds is 3. The van der Waals surface area contributed by atoms with Gasteiger partial charge in [-0.05, 0) is 30.3 Å². The minimum absolute atomic E-state index is 0.424. The highest BCUT2D eigenvalue weighted by Crippen LogP contribution is 2.23. The Hall–Kier alpha value is -2.60. The number of fused-ring (bicyclic) bond motifs is 3. The molecular weight excluding hydrogens is 280 g/mol. The zero-order valence-corrected chi connectivity index (χ0v) is 12.0. The lowest BCUT2D eigenvalue weighted by Gasteiger charge is -2.26. The highest BCUT2D eigenvalue weighted by Gasteiger charge is 2.21. The van der Waals surface area contributed by atoms with Crippen LogP contribution in [0.3, 0.4) is 0 Å². The van der Waals surface area contributed by atoms with Gasteiger partial charge >= 0.3 is 0 Å². The Labute approximate surface area is 127 Å². The predicted molar refractivity (Wildman–Crippen MR) is 81.1 cm³/mol. The van der Waals surface area contributed by atoms with E-state index in [0.29, 0.717) is 5.56 Å². The van der Waals surface area contributed by atoms with Gasteiger partial charge in [0.25, 0.3) is 0 Å². The van der Waals surface area contributed by atoms with Crippen LogP contribution in [0.1, 0.15) is 21.9 Å². The van der Waals surface area contributed by atoms with E-state index in [4.69, 9.17) is 10.2 Å². The molecule has 0 saturated heterocycles. The van der Waals surface area contributed by atoms with Crippen LogP contribution in [-0.2, 0) is 19.6 Å². The number of hydrogen-bond acceptors (Lipinski definition) is 4. The van der Waals surface area contributed by atoms with Gasteiger partial charge in [-0.25, -0.2) is 4.98 Å². The van der Waals surface area contributed by atoms with Crippen molar-refractivity contribution in [1.82, 2.24) is 14.5 Å². The number of primary amides is 1. The second-order valence-corrected chi connectivity index (χ2v) is 5.54. The van der Waals surface area contributed by atoms with Gasteiger partial charge in [-0.2, -0.15) is 0 Å². The summed E-state index contributed by atoms with van der Waals surface area (Å²) in [5, 5.41) is 0. The number of aromatic nitrogens is 2. The second-order valence-electron chi connectivity index (χ2n) is 5.54. The van der Waals surface area contributed by atoms with Crippen molar-refractivity contribution in [1.29, 1.82) is 0 Å². The van der Waals surface area contributed by atoms with E-state index in [-0.39, 0.29) is 0 Å². The molecule has 1 aliphatic rings. The molecule has 0 spiro atoms. The van der Waals surface area contributed by atoms with Crippen molar-refractivity contribution >= 4 is 16.9 Å². The van der Waals surface area contributed by atoms with Crippen molar-refractivity contribution in [2.24, 2.45) is 5.73 Å². The van der Waals surface area contributed by atoms with E-state index in [1.165, 1.54) is 0 Å². The zero-order valence-electron chi connectivity index (χ0n) is 12.0. The number of nitrogens with zero attached hydrogens (tertiary/aromatic N) is 3. The summed E-state index contributed by atoms with van der Waals surface area (Å²) in [6.45, 7) is 3.36. The monoisotopic (exact) mass is 296 g/mol. The smallest absolute Gasteiger partial charge is 0.248 e. The molecule has 4 rings (SSSR count). The molecule has 1 amide bonds. The van der Waals surface area contributed by atoms with Crippen molar-refractivity contribution in [3.8, 4) is 0 Å². The van der Waals surface area contributed by atoms with Crippen LogP contribution < -0.4 is 5.73 Å². The van der Waals surface area contributed by atoms with Crippen LogP contribution in [0.25, 0.3) is 11.0 Å². The Morgan fingerprint density at radius 2 is 2.23 bits per heavy atom. The highest BCUT2D eigenvalue weighted by molar-refractivity contribution is 5.96. The normalized spacial score (nSPS) is 15.1. The Morgan fingerprint density at radius 1 is 1.32 bits per heavy atom. The molecule has 0 unspecified atom stereocenters. The summed E-state index contributed by atoms with van der Waals surface area (Å²) >= 11 is 0. The van der Waals surface area contributed by atoms with Crippen LogP contribution in [-0.4, -0.2) is 26.9 Å². The summed E-state index contributed by atoms with van der Waals surface area (Å²) in [5.41, 5.74) is 7.71. The van der Waals surface area contributed by atoms with Crippen LogP contribution >= 0.6 is 0 Å². The molecule has 2 N–H and O–H groups in total. The summed E-state index contributed by atoms with van der Waals surface area (Å²) in [5.74, 6) is 1.54. The van der Waals surface area contributed by atoms with E-state index in [1.807, 2.05) is 18.2 Å². The topological polar surface area (TPSA) is 77.3 Å². The maximum Gasteiger partial charge on any atom is 0.248 e. The van der Waals surface area contributed by atoms with E-state index >= 15 is 0 Å². The molecule has 22 heavy (non-hydrogen) atoms. The van der Waals surface area contributed by atoms with Crippen LogP contribution in [0.2, 0.25) is 0 Å². The van der Waals surface area contributed by atoms with Crippen LogP contribution in [0.4, 0.5) is 0 Å². The minimum atomic E-state index is -0.424. The fraction of sp³-hybridized carbons (Fsp3) is 0.250. The molecular formula is C16H16N4O2. The molecule has 2 aromatic heterocycles. The standard InChI is InChI=1S/C16H16N4O2/c17-16(21)11-3-4-14-13(8-11)18-15-10-19(5-6-20(14)15)9-12-2-1-7-22-12/h1-4,7-8H,5-6,9-10H2,(H2,17,21). The summed E-state index contributed by atoms with van der Waals surface area (Å²) in [6, 6.07) is 9.33. The molecule has 3 aromatic rings. The van der Waals surface area contributed by atoms with Crippen molar-refractivity contribution in [2.75, 3.05) is 6.54 Å². The first-order valence-electron chi connectivity index (χ1n) is 7.24. The fourth-order valence-electron chi connectivity index (χ4n) is 2.98. The summed E-state index contributed by atoms with van der Waals surface area (Å²) in [7, 11) is 0. The lowest BCUT2D eigenvalue weighted by atomic mass is 10.2. The van der Waals surface area contributed by atoms with Crippen molar-refractivity contribution in [3.63, 3.8) is 0 Å². The SMILES string of the molecule is NC(=O)c1ccc2c(c1)nc1n2CCN(Cc2ccco2)C1. The van der Waals surface area contributed by atoms with Gasteiger partial charge in [-0.15, -0.1) is 0 Å². The van der Waals surface area contributed by atoms with E-state index in [9.17, 15) is 4.79 Å². The molecule has 1 aromatic carbocycles. The van der Waals surface area contributed by atoms with E-state index in [1.54, 1.807) is 18.4 Å². The molecule has 1 aliphatic heterocycles. The van der Waals surface area contributed by atoms with Gasteiger partial charge in [0.05, 0.1) is 30.4 Å². The van der Waals surface area contributed by atoms with Crippen LogP contribution in [0.15, 0.2) is 41.0 Å². The Balaban J connectivity index is 1.64. The molecule has 0 atom stereocenters. The number of nitrogens with two attached hydrogens (primary N) is 1. The largest absolute Gasteiger partial charge is 0.468 e. The van der Waals surface area contributed by atoms with Gasteiger partial charge in [-0.3, -0.25) is 9.69 Å². The van der Waals surface area contributed by atoms with Gasteiger partial charge in [0.15, 0.2) is 0 Å². The van der Waals surface area contributed by atoms with Crippen molar-refractivity contribution in [2.45, 2.75) is 19.6 Å². The highest BCUT2D eigenvalue weighted by atomic mass is 16.3. The number of carbonyl (C=O) groups is 1. The molecule has 0 saturated carbocycles. The number of benzene rings is 1. The number of amides is 1. The predicted octanol–water partition coefficient (Wildman–Crippen LogP) is 1.74. The molecule has 0 fully saturated rings. The van der Waals surface area contributed by atoms with Crippen LogP contribution in [0, 0.1) is 0 Å². The molecule has 0 aliphatic carbocycles. The minimum Gasteiger partial charge on any atom is -0.468 e. The number of hydrogen-bond donors (Lipinski definition) is 1. The third-order valence-corrected chi connectivity index (χ3v) is 4.08. The first-order valence-corrected chi connectivity index (χ1v) is 7.24. The number of carbonyl (C=O) groups excluding carboxylic acids is 1. The number of furan rings is 1. The summed E-state index contributed by atoms with van der Waals surface area (Å²) in [4.78, 5) is 18.2. The molecule has 0 radical (unpaired) electrons. The molecule has 6 nitrogen and oxygen atoms in total. The third kappa shape index (κ3) is 2.17. The van der Waals surface area contributed by atoms with Crippen LogP contribution in [0.5, 0.6) is 0 Å². The van der Waals surface area contributed by atoms with Gasteiger partial charge in [0.2, 0.25) is 5.91 Å². The number of imidazole rings is 1.